The Morgan fingerprint density at radius 3 is 2.55 bits per heavy atom. The molecule has 0 atom stereocenters. The average molecular weight is 295 g/mol. The van der Waals surface area contributed by atoms with E-state index >= 15 is 0 Å². The molecule has 2 aliphatic rings. The van der Waals surface area contributed by atoms with Gasteiger partial charge in [-0.3, -0.25) is 4.79 Å². The lowest BCUT2D eigenvalue weighted by Crippen LogP contribution is -2.45. The van der Waals surface area contributed by atoms with Gasteiger partial charge in [0.05, 0.1) is 11.4 Å². The van der Waals surface area contributed by atoms with Gasteiger partial charge in [0, 0.05) is 31.5 Å². The molecule has 0 unspecified atom stereocenters. The average Bonchev–Trinajstić information content (AvgIpc) is 3.38. The maximum atomic E-state index is 12.8. The van der Waals surface area contributed by atoms with Crippen LogP contribution in [-0.2, 0) is 0 Å². The van der Waals surface area contributed by atoms with Crippen LogP contribution in [0.2, 0.25) is 0 Å². The highest BCUT2D eigenvalue weighted by Gasteiger charge is 2.36. The van der Waals surface area contributed by atoms with Gasteiger partial charge in [-0.1, -0.05) is 12.1 Å². The van der Waals surface area contributed by atoms with Gasteiger partial charge in [0.1, 0.15) is 0 Å². The Morgan fingerprint density at radius 1 is 1.09 bits per heavy atom. The Balaban J connectivity index is 1.72. The Labute approximate surface area is 128 Å². The smallest absolute Gasteiger partial charge is 0.280 e. The van der Waals surface area contributed by atoms with Crippen molar-refractivity contribution in [2.75, 3.05) is 28.6 Å². The zero-order valence-electron chi connectivity index (χ0n) is 12.1. The molecule has 6 nitrogen and oxygen atoms in total. The second-order valence-corrected chi connectivity index (χ2v) is 5.66. The van der Waals surface area contributed by atoms with E-state index in [-0.39, 0.29) is 17.4 Å². The highest BCUT2D eigenvalue weighted by atomic mass is 16.2. The molecule has 0 bridgehead atoms. The minimum absolute atomic E-state index is 0.176. The number of nitrogens with zero attached hydrogens (tertiary/aromatic N) is 4. The van der Waals surface area contributed by atoms with Crippen LogP contribution < -0.4 is 15.5 Å². The van der Waals surface area contributed by atoms with Gasteiger partial charge in [0.25, 0.3) is 5.91 Å². The molecule has 2 heterocycles. The van der Waals surface area contributed by atoms with E-state index in [1.54, 1.807) is 4.90 Å². The molecule has 2 aromatic rings. The van der Waals surface area contributed by atoms with Gasteiger partial charge >= 0.3 is 0 Å². The van der Waals surface area contributed by atoms with E-state index in [0.29, 0.717) is 12.6 Å². The molecule has 6 heteroatoms. The van der Waals surface area contributed by atoms with Gasteiger partial charge in [-0.25, -0.2) is 9.97 Å². The summed E-state index contributed by atoms with van der Waals surface area (Å²) >= 11 is 0. The molecule has 1 aliphatic heterocycles. The molecule has 1 saturated carbocycles. The van der Waals surface area contributed by atoms with Crippen LogP contribution >= 0.6 is 0 Å². The quantitative estimate of drug-likeness (QED) is 0.912. The molecule has 1 aromatic carbocycles. The van der Waals surface area contributed by atoms with Crippen molar-refractivity contribution in [3.05, 3.63) is 42.4 Å². The number of fused-ring (bicyclic) bond motifs is 1. The molecule has 1 aliphatic carbocycles. The number of nitrogens with two attached hydrogens (primary N) is 1. The Morgan fingerprint density at radius 2 is 1.82 bits per heavy atom. The number of benzene rings is 1. The molecule has 2 N–H and O–H groups in total. The summed E-state index contributed by atoms with van der Waals surface area (Å²) in [6.07, 6.45) is 5.46. The van der Waals surface area contributed by atoms with E-state index in [0.717, 1.165) is 17.9 Å². The molecule has 0 saturated heterocycles. The maximum Gasteiger partial charge on any atom is 0.280 e. The highest BCUT2D eigenvalue weighted by Crippen LogP contribution is 2.40. The molecule has 112 valence electrons. The Bertz CT molecular complexity index is 728. The molecular weight excluding hydrogens is 278 g/mol. The van der Waals surface area contributed by atoms with Crippen molar-refractivity contribution in [1.29, 1.82) is 0 Å². The third-order valence-corrected chi connectivity index (χ3v) is 4.21. The first-order chi connectivity index (χ1) is 10.8. The van der Waals surface area contributed by atoms with Crippen molar-refractivity contribution in [2.45, 2.75) is 18.9 Å². The second kappa shape index (κ2) is 4.98. The van der Waals surface area contributed by atoms with Crippen LogP contribution in [-0.4, -0.2) is 35.0 Å². The fraction of sp³-hybridized carbons (Fsp3) is 0.312. The number of carbonyl (C=O) groups is 1. The third kappa shape index (κ3) is 2.07. The largest absolute Gasteiger partial charge is 0.382 e. The summed E-state index contributed by atoms with van der Waals surface area (Å²) in [5, 5.41) is 0. The molecule has 22 heavy (non-hydrogen) atoms. The van der Waals surface area contributed by atoms with Crippen LogP contribution in [0, 0.1) is 0 Å². The van der Waals surface area contributed by atoms with Crippen LogP contribution in [0.3, 0.4) is 0 Å². The lowest BCUT2D eigenvalue weighted by molar-refractivity contribution is 0.0982. The molecular formula is C16H17N5O. The third-order valence-electron chi connectivity index (χ3n) is 4.21. The molecule has 0 radical (unpaired) electrons. The Kier molecular flexibility index (Phi) is 2.96. The minimum Gasteiger partial charge on any atom is -0.382 e. The highest BCUT2D eigenvalue weighted by molar-refractivity contribution is 6.09. The van der Waals surface area contributed by atoms with E-state index in [9.17, 15) is 4.79 Å². The number of nitrogen functional groups attached to an aromatic ring is 1. The van der Waals surface area contributed by atoms with E-state index in [1.165, 1.54) is 25.2 Å². The first-order valence-electron chi connectivity index (χ1n) is 7.50. The topological polar surface area (TPSA) is 75.3 Å². The number of amides is 1. The lowest BCUT2D eigenvalue weighted by Gasteiger charge is -2.37. The van der Waals surface area contributed by atoms with Gasteiger partial charge in [0.2, 0.25) is 0 Å². The standard InChI is InChI=1S/C16H17N5O/c17-15-14(18-7-8-19-15)16(22)21-10-9-20(11-5-6-11)12-3-1-2-4-13(12)21/h1-4,7-8,11H,5-6,9-10H2,(H2,17,19). The summed E-state index contributed by atoms with van der Waals surface area (Å²) in [5.41, 5.74) is 8.07. The summed E-state index contributed by atoms with van der Waals surface area (Å²) < 4.78 is 0. The second-order valence-electron chi connectivity index (χ2n) is 5.66. The van der Waals surface area contributed by atoms with Crippen molar-refractivity contribution in [3.63, 3.8) is 0 Å². The fourth-order valence-corrected chi connectivity index (χ4v) is 3.00. The number of anilines is 3. The van der Waals surface area contributed by atoms with Gasteiger partial charge in [-0.2, -0.15) is 0 Å². The van der Waals surface area contributed by atoms with Crippen molar-refractivity contribution in [1.82, 2.24) is 9.97 Å². The SMILES string of the molecule is Nc1nccnc1C(=O)N1CCN(C2CC2)c2ccccc21. The van der Waals surface area contributed by atoms with E-state index in [4.69, 9.17) is 5.73 Å². The molecule has 4 rings (SSSR count). The van der Waals surface area contributed by atoms with Crippen LogP contribution in [0.15, 0.2) is 36.7 Å². The summed E-state index contributed by atoms with van der Waals surface area (Å²) in [6.45, 7) is 1.48. The fourth-order valence-electron chi connectivity index (χ4n) is 3.00. The summed E-state index contributed by atoms with van der Waals surface area (Å²) in [6, 6.07) is 8.65. The number of hydrogen-bond donors (Lipinski definition) is 1. The maximum absolute atomic E-state index is 12.8. The summed E-state index contributed by atoms with van der Waals surface area (Å²) in [4.78, 5) is 25.0. The van der Waals surface area contributed by atoms with Crippen molar-refractivity contribution in [2.24, 2.45) is 0 Å². The minimum atomic E-state index is -0.187. The van der Waals surface area contributed by atoms with Crippen molar-refractivity contribution in [3.8, 4) is 0 Å². The van der Waals surface area contributed by atoms with Gasteiger partial charge in [-0.15, -0.1) is 0 Å². The Hall–Kier alpha value is -2.63. The van der Waals surface area contributed by atoms with Gasteiger partial charge in [-0.05, 0) is 25.0 Å². The number of aromatic nitrogens is 2. The van der Waals surface area contributed by atoms with Crippen LogP contribution in [0.5, 0.6) is 0 Å². The number of hydrogen-bond acceptors (Lipinski definition) is 5. The van der Waals surface area contributed by atoms with E-state index < -0.39 is 0 Å². The summed E-state index contributed by atoms with van der Waals surface area (Å²) in [5.74, 6) is -0.0110. The monoisotopic (exact) mass is 295 g/mol. The number of para-hydroxylation sites is 2. The van der Waals surface area contributed by atoms with Crippen molar-refractivity contribution >= 4 is 23.1 Å². The molecule has 1 fully saturated rings. The normalized spacial score (nSPS) is 17.3. The number of rotatable bonds is 2. The zero-order chi connectivity index (χ0) is 15.1. The van der Waals surface area contributed by atoms with Crippen LogP contribution in [0.4, 0.5) is 17.2 Å². The molecule has 1 aromatic heterocycles. The predicted molar refractivity (Wildman–Crippen MR) is 84.9 cm³/mol. The molecule has 0 spiro atoms. The molecule has 1 amide bonds. The predicted octanol–water partition coefficient (Wildman–Crippen LogP) is 1.69. The first-order valence-corrected chi connectivity index (χ1v) is 7.50. The summed E-state index contributed by atoms with van der Waals surface area (Å²) in [7, 11) is 0. The van der Waals surface area contributed by atoms with Crippen molar-refractivity contribution < 1.29 is 4.79 Å². The van der Waals surface area contributed by atoms with Crippen LogP contribution in [0.1, 0.15) is 23.3 Å². The van der Waals surface area contributed by atoms with Gasteiger partial charge in [0.15, 0.2) is 11.5 Å². The van der Waals surface area contributed by atoms with E-state index in [2.05, 4.69) is 20.9 Å². The number of carbonyl (C=O) groups excluding carboxylic acids is 1. The lowest BCUT2D eigenvalue weighted by atomic mass is 10.1. The van der Waals surface area contributed by atoms with Crippen LogP contribution in [0.25, 0.3) is 0 Å². The van der Waals surface area contributed by atoms with E-state index in [1.807, 2.05) is 18.2 Å². The zero-order valence-corrected chi connectivity index (χ0v) is 12.1. The first kappa shape index (κ1) is 13.1. The van der Waals surface area contributed by atoms with Gasteiger partial charge < -0.3 is 15.5 Å².